The van der Waals surface area contributed by atoms with Gasteiger partial charge in [0.1, 0.15) is 0 Å². The van der Waals surface area contributed by atoms with Crippen LogP contribution in [0.25, 0.3) is 0 Å². The van der Waals surface area contributed by atoms with Crippen molar-refractivity contribution in [3.05, 3.63) is 47.5 Å². The maximum absolute atomic E-state index is 12.6. The van der Waals surface area contributed by atoms with Crippen LogP contribution in [0.3, 0.4) is 0 Å². The molecule has 2 aliphatic rings. The van der Waals surface area contributed by atoms with Gasteiger partial charge in [0.2, 0.25) is 18.6 Å². The van der Waals surface area contributed by atoms with Crippen LogP contribution in [0.5, 0.6) is 23.0 Å². The Bertz CT molecular complexity index is 977. The molecule has 8 heteroatoms. The number of nitrogens with one attached hydrogen (secondary N) is 1. The predicted octanol–water partition coefficient (Wildman–Crippen LogP) is 2.14. The van der Waals surface area contributed by atoms with Gasteiger partial charge in [-0.15, -0.1) is 0 Å². The average molecular weight is 426 g/mol. The highest BCUT2D eigenvalue weighted by molar-refractivity contribution is 5.89. The lowest BCUT2D eigenvalue weighted by Crippen LogP contribution is -2.34. The summed E-state index contributed by atoms with van der Waals surface area (Å²) in [5.74, 6) is 2.28. The van der Waals surface area contributed by atoms with E-state index in [0.29, 0.717) is 49.1 Å². The van der Waals surface area contributed by atoms with Gasteiger partial charge in [-0.2, -0.15) is 0 Å². The van der Waals surface area contributed by atoms with Gasteiger partial charge in [-0.1, -0.05) is 12.1 Å². The highest BCUT2D eigenvalue weighted by atomic mass is 16.7. The Morgan fingerprint density at radius 2 is 1.84 bits per heavy atom. The van der Waals surface area contributed by atoms with E-state index in [1.54, 1.807) is 19.1 Å². The molecule has 31 heavy (non-hydrogen) atoms. The lowest BCUT2D eigenvalue weighted by molar-refractivity contribution is -0.129. The first kappa shape index (κ1) is 20.8. The summed E-state index contributed by atoms with van der Waals surface area (Å²) in [5.41, 5.74) is 1.98. The number of amides is 2. The third kappa shape index (κ3) is 4.68. The number of benzene rings is 2. The van der Waals surface area contributed by atoms with Gasteiger partial charge in [0.15, 0.2) is 23.0 Å². The Labute approximate surface area is 181 Å². The summed E-state index contributed by atoms with van der Waals surface area (Å²) in [6.45, 7) is 1.56. The van der Waals surface area contributed by atoms with Crippen molar-refractivity contribution >= 4 is 11.8 Å². The molecule has 0 bridgehead atoms. The Kier molecular flexibility index (Phi) is 6.16. The molecule has 2 aliphatic heterocycles. The number of hydrogen-bond donors (Lipinski definition) is 1. The van der Waals surface area contributed by atoms with Crippen molar-refractivity contribution in [1.82, 2.24) is 10.2 Å². The van der Waals surface area contributed by atoms with Gasteiger partial charge in [0.05, 0.1) is 20.1 Å². The second kappa shape index (κ2) is 9.16. The summed E-state index contributed by atoms with van der Waals surface area (Å²) in [6.07, 6.45) is 0.889. The fourth-order valence-corrected chi connectivity index (χ4v) is 3.87. The minimum atomic E-state index is -0.341. The van der Waals surface area contributed by atoms with Crippen LogP contribution in [0.1, 0.15) is 17.5 Å². The molecule has 0 aromatic heterocycles. The smallest absolute Gasteiger partial charge is 0.231 e. The molecule has 2 aromatic rings. The van der Waals surface area contributed by atoms with E-state index >= 15 is 0 Å². The van der Waals surface area contributed by atoms with Gasteiger partial charge in [-0.05, 0) is 41.8 Å². The van der Waals surface area contributed by atoms with Gasteiger partial charge >= 0.3 is 0 Å². The SMILES string of the molecule is COc1ccc(CCNC(=O)C2CC(=O)N(Cc3ccc4c(c3)OCO4)C2)cc1OC. The Morgan fingerprint density at radius 3 is 2.65 bits per heavy atom. The molecule has 1 saturated heterocycles. The molecular weight excluding hydrogens is 400 g/mol. The normalized spacial score (nSPS) is 17.0. The second-order valence-electron chi connectivity index (χ2n) is 7.59. The zero-order valence-corrected chi connectivity index (χ0v) is 17.7. The topological polar surface area (TPSA) is 86.3 Å². The minimum Gasteiger partial charge on any atom is -0.493 e. The summed E-state index contributed by atoms with van der Waals surface area (Å²) < 4.78 is 21.3. The van der Waals surface area contributed by atoms with Crippen molar-refractivity contribution in [3.8, 4) is 23.0 Å². The van der Waals surface area contributed by atoms with Gasteiger partial charge in [-0.25, -0.2) is 0 Å². The highest BCUT2D eigenvalue weighted by Crippen LogP contribution is 2.33. The van der Waals surface area contributed by atoms with Crippen molar-refractivity contribution < 1.29 is 28.5 Å². The highest BCUT2D eigenvalue weighted by Gasteiger charge is 2.34. The largest absolute Gasteiger partial charge is 0.493 e. The van der Waals surface area contributed by atoms with Crippen molar-refractivity contribution in [2.24, 2.45) is 5.92 Å². The van der Waals surface area contributed by atoms with Crippen molar-refractivity contribution in [3.63, 3.8) is 0 Å². The number of likely N-dealkylation sites (tertiary alicyclic amines) is 1. The van der Waals surface area contributed by atoms with Crippen LogP contribution in [0.2, 0.25) is 0 Å². The Balaban J connectivity index is 1.27. The van der Waals surface area contributed by atoms with E-state index in [0.717, 1.165) is 11.1 Å². The maximum atomic E-state index is 12.6. The molecule has 1 N–H and O–H groups in total. The number of ether oxygens (including phenoxy) is 4. The van der Waals surface area contributed by atoms with E-state index in [4.69, 9.17) is 18.9 Å². The number of nitrogens with zero attached hydrogens (tertiary/aromatic N) is 1. The molecule has 4 rings (SSSR count). The van der Waals surface area contributed by atoms with E-state index in [1.807, 2.05) is 36.4 Å². The predicted molar refractivity (Wildman–Crippen MR) is 112 cm³/mol. The molecular formula is C23H26N2O6. The molecule has 1 atom stereocenters. The van der Waals surface area contributed by atoms with Crippen LogP contribution >= 0.6 is 0 Å². The molecule has 1 fully saturated rings. The molecule has 8 nitrogen and oxygen atoms in total. The number of rotatable bonds is 8. The Hall–Kier alpha value is -3.42. The monoisotopic (exact) mass is 426 g/mol. The third-order valence-electron chi connectivity index (χ3n) is 5.56. The molecule has 164 valence electrons. The van der Waals surface area contributed by atoms with Crippen molar-refractivity contribution in [2.45, 2.75) is 19.4 Å². The van der Waals surface area contributed by atoms with E-state index in [9.17, 15) is 9.59 Å². The van der Waals surface area contributed by atoms with Crippen LogP contribution in [0.15, 0.2) is 36.4 Å². The molecule has 1 unspecified atom stereocenters. The number of hydrogen-bond acceptors (Lipinski definition) is 6. The molecule has 0 radical (unpaired) electrons. The fourth-order valence-electron chi connectivity index (χ4n) is 3.87. The van der Waals surface area contributed by atoms with Gasteiger partial charge in [0, 0.05) is 26.1 Å². The maximum Gasteiger partial charge on any atom is 0.231 e. The van der Waals surface area contributed by atoms with Gasteiger partial charge in [-0.3, -0.25) is 9.59 Å². The molecule has 0 aliphatic carbocycles. The number of carbonyl (C=O) groups excluding carboxylic acids is 2. The standard InChI is InChI=1S/C23H26N2O6/c1-28-18-5-3-15(9-20(18)29-2)7-8-24-23(27)17-11-22(26)25(13-17)12-16-4-6-19-21(10-16)31-14-30-19/h3-6,9-10,17H,7-8,11-14H2,1-2H3,(H,24,27). The molecule has 0 spiro atoms. The van der Waals surface area contributed by atoms with Crippen LogP contribution in [0, 0.1) is 5.92 Å². The Morgan fingerprint density at radius 1 is 1.06 bits per heavy atom. The molecule has 2 heterocycles. The van der Waals surface area contributed by atoms with E-state index in [2.05, 4.69) is 5.32 Å². The van der Waals surface area contributed by atoms with E-state index in [1.165, 1.54) is 0 Å². The number of methoxy groups -OCH3 is 2. The van der Waals surface area contributed by atoms with Gasteiger partial charge < -0.3 is 29.2 Å². The first-order chi connectivity index (χ1) is 15.1. The zero-order chi connectivity index (χ0) is 21.8. The summed E-state index contributed by atoms with van der Waals surface area (Å²) in [5, 5.41) is 2.95. The lowest BCUT2D eigenvalue weighted by Gasteiger charge is -2.17. The first-order valence-electron chi connectivity index (χ1n) is 10.2. The molecule has 2 amide bonds. The summed E-state index contributed by atoms with van der Waals surface area (Å²) in [6, 6.07) is 11.3. The van der Waals surface area contributed by atoms with Gasteiger partial charge in [0.25, 0.3) is 0 Å². The van der Waals surface area contributed by atoms with Crippen LogP contribution < -0.4 is 24.3 Å². The van der Waals surface area contributed by atoms with Crippen molar-refractivity contribution in [2.75, 3.05) is 34.1 Å². The second-order valence-corrected chi connectivity index (χ2v) is 7.59. The summed E-state index contributed by atoms with van der Waals surface area (Å²) >= 11 is 0. The lowest BCUT2D eigenvalue weighted by atomic mass is 10.1. The molecule has 0 saturated carbocycles. The van der Waals surface area contributed by atoms with Crippen LogP contribution in [-0.2, 0) is 22.6 Å². The average Bonchev–Trinajstić information content (AvgIpc) is 3.39. The third-order valence-corrected chi connectivity index (χ3v) is 5.56. The summed E-state index contributed by atoms with van der Waals surface area (Å²) in [4.78, 5) is 26.7. The number of fused-ring (bicyclic) bond motifs is 1. The molecule has 2 aromatic carbocycles. The van der Waals surface area contributed by atoms with Crippen LogP contribution in [0.4, 0.5) is 0 Å². The zero-order valence-electron chi connectivity index (χ0n) is 17.7. The van der Waals surface area contributed by atoms with Crippen LogP contribution in [-0.4, -0.2) is 50.8 Å². The quantitative estimate of drug-likeness (QED) is 0.696. The van der Waals surface area contributed by atoms with E-state index in [-0.39, 0.29) is 30.9 Å². The summed E-state index contributed by atoms with van der Waals surface area (Å²) in [7, 11) is 3.19. The number of carbonyl (C=O) groups is 2. The first-order valence-corrected chi connectivity index (χ1v) is 10.2. The fraction of sp³-hybridized carbons (Fsp3) is 0.391. The minimum absolute atomic E-state index is 0.0160. The van der Waals surface area contributed by atoms with Crippen molar-refractivity contribution in [1.29, 1.82) is 0 Å². The van der Waals surface area contributed by atoms with E-state index < -0.39 is 0 Å².